The van der Waals surface area contributed by atoms with Crippen LogP contribution in [-0.4, -0.2) is 11.1 Å². The van der Waals surface area contributed by atoms with Gasteiger partial charge in [0.1, 0.15) is 0 Å². The Morgan fingerprint density at radius 1 is 1.44 bits per heavy atom. The van der Waals surface area contributed by atoms with Crippen molar-refractivity contribution in [3.8, 4) is 0 Å². The van der Waals surface area contributed by atoms with Crippen LogP contribution >= 0.6 is 11.6 Å². The minimum Gasteiger partial charge on any atom is -0.344 e. The third-order valence-electron chi connectivity index (χ3n) is 3.56. The summed E-state index contributed by atoms with van der Waals surface area (Å²) in [6.45, 7) is 1.82. The predicted octanol–water partition coefficient (Wildman–Crippen LogP) is 3.13. The summed E-state index contributed by atoms with van der Waals surface area (Å²) in [5, 5.41) is 2.01. The van der Waals surface area contributed by atoms with Gasteiger partial charge in [-0.2, -0.15) is 0 Å². The second kappa shape index (κ2) is 3.79. The lowest BCUT2D eigenvalue weighted by atomic mass is 9.96. The van der Waals surface area contributed by atoms with E-state index in [9.17, 15) is 0 Å². The van der Waals surface area contributed by atoms with Crippen LogP contribution in [0.15, 0.2) is 24.3 Å². The van der Waals surface area contributed by atoms with Gasteiger partial charge in [-0.15, -0.1) is 0 Å². The molecule has 0 spiro atoms. The number of benzene rings is 1. The van der Waals surface area contributed by atoms with Crippen molar-refractivity contribution in [2.75, 3.05) is 6.54 Å². The van der Waals surface area contributed by atoms with Crippen LogP contribution in [0.1, 0.15) is 24.5 Å². The van der Waals surface area contributed by atoms with Crippen LogP contribution in [0.25, 0.3) is 10.9 Å². The second-order valence-corrected chi connectivity index (χ2v) is 4.88. The first kappa shape index (κ1) is 10.2. The molecule has 0 amide bonds. The summed E-state index contributed by atoms with van der Waals surface area (Å²) in [5.74, 6) is 0.497. The second-order valence-electron chi connectivity index (χ2n) is 4.47. The van der Waals surface area contributed by atoms with E-state index < -0.39 is 0 Å². The van der Waals surface area contributed by atoms with Crippen LogP contribution in [0.2, 0.25) is 5.02 Å². The highest BCUT2D eigenvalue weighted by Gasteiger charge is 2.21. The minimum atomic E-state index is 0.497. The fourth-order valence-electron chi connectivity index (χ4n) is 2.74. The van der Waals surface area contributed by atoms with Crippen molar-refractivity contribution in [1.82, 2.24) is 4.57 Å². The zero-order chi connectivity index (χ0) is 11.1. The van der Waals surface area contributed by atoms with Crippen LogP contribution in [0.5, 0.6) is 0 Å². The maximum absolute atomic E-state index is 6.22. The molecule has 0 saturated carbocycles. The topological polar surface area (TPSA) is 30.9 Å². The Labute approximate surface area is 100.0 Å². The Bertz CT molecular complexity index is 530. The smallest absolute Gasteiger partial charge is 0.0499 e. The molecule has 2 heterocycles. The molecule has 0 fully saturated rings. The quantitative estimate of drug-likeness (QED) is 0.808. The molecule has 84 valence electrons. The van der Waals surface area contributed by atoms with Crippen molar-refractivity contribution < 1.29 is 0 Å². The monoisotopic (exact) mass is 234 g/mol. The van der Waals surface area contributed by atoms with E-state index in [4.69, 9.17) is 17.3 Å². The number of nitrogens with two attached hydrogens (primary N) is 1. The summed E-state index contributed by atoms with van der Waals surface area (Å²) in [7, 11) is 0. The molecule has 2 aromatic rings. The summed E-state index contributed by atoms with van der Waals surface area (Å²) in [5.41, 5.74) is 8.44. The third kappa shape index (κ3) is 1.37. The van der Waals surface area contributed by atoms with Crippen molar-refractivity contribution in [3.63, 3.8) is 0 Å². The van der Waals surface area contributed by atoms with Gasteiger partial charge in [-0.25, -0.2) is 0 Å². The molecule has 1 aromatic heterocycles. The van der Waals surface area contributed by atoms with Crippen LogP contribution in [-0.2, 0) is 6.54 Å². The molecule has 1 aromatic carbocycles. The molecule has 1 unspecified atom stereocenters. The van der Waals surface area contributed by atoms with Crippen molar-refractivity contribution in [1.29, 1.82) is 0 Å². The molecule has 3 rings (SSSR count). The molecule has 3 heteroatoms. The Balaban J connectivity index is 2.28. The molecule has 1 aliphatic rings. The Morgan fingerprint density at radius 2 is 2.31 bits per heavy atom. The van der Waals surface area contributed by atoms with Gasteiger partial charge in [0.25, 0.3) is 0 Å². The highest BCUT2D eigenvalue weighted by molar-refractivity contribution is 6.35. The highest BCUT2D eigenvalue weighted by Crippen LogP contribution is 2.34. The summed E-state index contributed by atoms with van der Waals surface area (Å²) >= 11 is 6.22. The summed E-state index contributed by atoms with van der Waals surface area (Å²) in [6.07, 6.45) is 2.41. The average Bonchev–Trinajstić information content (AvgIpc) is 2.69. The molecule has 1 atom stereocenters. The number of hydrogen-bond acceptors (Lipinski definition) is 1. The van der Waals surface area contributed by atoms with E-state index in [1.807, 2.05) is 12.1 Å². The maximum Gasteiger partial charge on any atom is 0.0499 e. The maximum atomic E-state index is 6.22. The highest BCUT2D eigenvalue weighted by atomic mass is 35.5. The van der Waals surface area contributed by atoms with Crippen LogP contribution in [0, 0.1) is 0 Å². The first-order chi connectivity index (χ1) is 7.81. The van der Waals surface area contributed by atoms with Crippen molar-refractivity contribution in [2.24, 2.45) is 5.73 Å². The van der Waals surface area contributed by atoms with E-state index in [0.29, 0.717) is 5.92 Å². The zero-order valence-electron chi connectivity index (χ0n) is 9.12. The first-order valence-electron chi connectivity index (χ1n) is 5.79. The average molecular weight is 235 g/mol. The largest absolute Gasteiger partial charge is 0.344 e. The fraction of sp³-hybridized carbons (Fsp3) is 0.385. The Hall–Kier alpha value is -0.990. The predicted molar refractivity (Wildman–Crippen MR) is 68.0 cm³/mol. The molecule has 16 heavy (non-hydrogen) atoms. The number of aromatic nitrogens is 1. The van der Waals surface area contributed by atoms with Crippen molar-refractivity contribution in [3.05, 3.63) is 35.0 Å². The van der Waals surface area contributed by atoms with E-state index in [0.717, 1.165) is 18.1 Å². The van der Waals surface area contributed by atoms with Crippen molar-refractivity contribution >= 4 is 22.5 Å². The molecule has 0 radical (unpaired) electrons. The number of fused-ring (bicyclic) bond motifs is 3. The first-order valence-corrected chi connectivity index (χ1v) is 6.17. The van der Waals surface area contributed by atoms with Gasteiger partial charge in [0.15, 0.2) is 0 Å². The third-order valence-corrected chi connectivity index (χ3v) is 3.89. The molecule has 0 aliphatic carbocycles. The van der Waals surface area contributed by atoms with E-state index in [1.54, 1.807) is 0 Å². The summed E-state index contributed by atoms with van der Waals surface area (Å²) in [4.78, 5) is 0. The van der Waals surface area contributed by atoms with Crippen LogP contribution in [0.4, 0.5) is 0 Å². The van der Waals surface area contributed by atoms with Gasteiger partial charge < -0.3 is 10.3 Å². The van der Waals surface area contributed by atoms with Crippen LogP contribution < -0.4 is 5.73 Å². The van der Waals surface area contributed by atoms with Gasteiger partial charge in [-0.3, -0.25) is 0 Å². The Kier molecular flexibility index (Phi) is 2.41. The number of halogens is 1. The summed E-state index contributed by atoms with van der Waals surface area (Å²) in [6, 6.07) is 8.33. The molecule has 0 saturated heterocycles. The zero-order valence-corrected chi connectivity index (χ0v) is 9.87. The van der Waals surface area contributed by atoms with Crippen molar-refractivity contribution in [2.45, 2.75) is 25.3 Å². The van der Waals surface area contributed by atoms with Gasteiger partial charge in [0, 0.05) is 40.6 Å². The number of hydrogen-bond donors (Lipinski definition) is 1. The molecule has 2 N–H and O–H groups in total. The normalized spacial score (nSPS) is 20.0. The number of rotatable bonds is 1. The Morgan fingerprint density at radius 3 is 3.12 bits per heavy atom. The summed E-state index contributed by atoms with van der Waals surface area (Å²) < 4.78 is 2.38. The standard InChI is InChI=1S/C13H15ClN2/c14-11-4-1-5-12-10(11)7-13-9(8-15)3-2-6-16(12)13/h1,4-5,7,9H,2-3,6,8,15H2. The number of nitrogens with zero attached hydrogens (tertiary/aromatic N) is 1. The molecule has 2 nitrogen and oxygen atoms in total. The molecular weight excluding hydrogens is 220 g/mol. The van der Waals surface area contributed by atoms with E-state index in [2.05, 4.69) is 16.7 Å². The van der Waals surface area contributed by atoms with Gasteiger partial charge in [0.05, 0.1) is 0 Å². The molecular formula is C13H15ClN2. The SMILES string of the molecule is NCC1CCCn2c1cc1c(Cl)cccc12. The molecule has 1 aliphatic heterocycles. The van der Waals surface area contributed by atoms with E-state index in [1.165, 1.54) is 29.4 Å². The van der Waals surface area contributed by atoms with Gasteiger partial charge in [-0.1, -0.05) is 17.7 Å². The van der Waals surface area contributed by atoms with Gasteiger partial charge in [0.2, 0.25) is 0 Å². The number of aryl methyl sites for hydroxylation is 1. The van der Waals surface area contributed by atoms with E-state index >= 15 is 0 Å². The fourth-order valence-corrected chi connectivity index (χ4v) is 2.96. The lowest BCUT2D eigenvalue weighted by molar-refractivity contribution is 0.467. The molecule has 0 bridgehead atoms. The minimum absolute atomic E-state index is 0.497. The lowest BCUT2D eigenvalue weighted by Gasteiger charge is -2.24. The lowest BCUT2D eigenvalue weighted by Crippen LogP contribution is -2.21. The van der Waals surface area contributed by atoms with Gasteiger partial charge in [-0.05, 0) is 31.0 Å². The van der Waals surface area contributed by atoms with Gasteiger partial charge >= 0.3 is 0 Å². The van der Waals surface area contributed by atoms with Crippen LogP contribution in [0.3, 0.4) is 0 Å². The van der Waals surface area contributed by atoms with E-state index in [-0.39, 0.29) is 0 Å².